The molecule has 4 heteroatoms. The van der Waals surface area contributed by atoms with E-state index in [4.69, 9.17) is 11.6 Å². The number of hydrogen-bond donors (Lipinski definition) is 2. The van der Waals surface area contributed by atoms with Gasteiger partial charge in [-0.1, -0.05) is 11.6 Å². The number of quaternary nitrogens is 2. The van der Waals surface area contributed by atoms with E-state index in [0.29, 0.717) is 0 Å². The van der Waals surface area contributed by atoms with Gasteiger partial charge in [0.1, 0.15) is 26.2 Å². The van der Waals surface area contributed by atoms with Gasteiger partial charge in [0.25, 0.3) is 0 Å². The third-order valence-corrected chi connectivity index (χ3v) is 5.17. The molecule has 1 aliphatic heterocycles. The Morgan fingerprint density at radius 3 is 2.42 bits per heavy atom. The number of unbranched alkanes of at least 4 members (excludes halogenated alkanes) is 1. The van der Waals surface area contributed by atoms with Crippen LogP contribution in [0.3, 0.4) is 0 Å². The summed E-state index contributed by atoms with van der Waals surface area (Å²) in [5.74, 6) is 1.22. The lowest BCUT2D eigenvalue weighted by atomic mass is 10.2. The lowest BCUT2D eigenvalue weighted by Gasteiger charge is -2.27. The van der Waals surface area contributed by atoms with Crippen LogP contribution in [0.5, 0.6) is 0 Å². The number of benzene rings is 1. The molecule has 2 rings (SSSR count). The van der Waals surface area contributed by atoms with E-state index in [1.807, 2.05) is 28.8 Å². The van der Waals surface area contributed by atoms with E-state index in [0.717, 1.165) is 5.02 Å². The molecule has 0 atom stereocenters. The third kappa shape index (κ3) is 5.74. The lowest BCUT2D eigenvalue weighted by molar-refractivity contribution is -1.00. The van der Waals surface area contributed by atoms with E-state index in [2.05, 4.69) is 19.2 Å². The normalized spacial score (nSPS) is 23.5. The van der Waals surface area contributed by atoms with Gasteiger partial charge in [0.05, 0.1) is 13.6 Å². The quantitative estimate of drug-likeness (QED) is 0.578. The molecule has 1 saturated heterocycles. The zero-order valence-electron chi connectivity index (χ0n) is 11.8. The van der Waals surface area contributed by atoms with Gasteiger partial charge in [-0.25, -0.2) is 0 Å². The second kappa shape index (κ2) is 8.15. The van der Waals surface area contributed by atoms with Crippen LogP contribution in [0, 0.1) is 0 Å². The van der Waals surface area contributed by atoms with Crippen LogP contribution in [-0.4, -0.2) is 45.5 Å². The molecule has 106 valence electrons. The summed E-state index contributed by atoms with van der Waals surface area (Å²) in [6.07, 6.45) is 2.68. The first-order valence-electron chi connectivity index (χ1n) is 7.27. The van der Waals surface area contributed by atoms with Crippen LogP contribution in [0.15, 0.2) is 29.2 Å². The Kier molecular flexibility index (Phi) is 6.51. The minimum atomic E-state index is 0.824. The average molecular weight is 301 g/mol. The van der Waals surface area contributed by atoms with Gasteiger partial charge in [-0.2, -0.15) is 0 Å². The van der Waals surface area contributed by atoms with Crippen molar-refractivity contribution in [3.63, 3.8) is 0 Å². The molecule has 0 bridgehead atoms. The highest BCUT2D eigenvalue weighted by atomic mass is 35.5. The number of thioether (sulfide) groups is 1. The van der Waals surface area contributed by atoms with Crippen LogP contribution in [0.1, 0.15) is 12.8 Å². The molecule has 2 nitrogen and oxygen atoms in total. The van der Waals surface area contributed by atoms with Gasteiger partial charge in [0, 0.05) is 9.92 Å². The van der Waals surface area contributed by atoms with Crippen LogP contribution >= 0.6 is 23.4 Å². The monoisotopic (exact) mass is 300 g/mol. The molecule has 0 radical (unpaired) electrons. The highest BCUT2D eigenvalue weighted by Gasteiger charge is 2.18. The zero-order valence-corrected chi connectivity index (χ0v) is 13.3. The summed E-state index contributed by atoms with van der Waals surface area (Å²) in [6.45, 7) is 6.75. The lowest BCUT2D eigenvalue weighted by Crippen LogP contribution is -3.27. The molecular weight excluding hydrogens is 276 g/mol. The van der Waals surface area contributed by atoms with Crippen molar-refractivity contribution < 1.29 is 9.80 Å². The molecule has 1 aliphatic rings. The smallest absolute Gasteiger partial charge is 0.127 e. The van der Waals surface area contributed by atoms with E-state index in [1.54, 1.807) is 4.90 Å². The Labute approximate surface area is 126 Å². The van der Waals surface area contributed by atoms with E-state index >= 15 is 0 Å². The molecule has 0 spiro atoms. The van der Waals surface area contributed by atoms with Crippen LogP contribution in [0.25, 0.3) is 0 Å². The summed E-state index contributed by atoms with van der Waals surface area (Å²) >= 11 is 7.82. The third-order valence-electron chi connectivity index (χ3n) is 3.82. The maximum absolute atomic E-state index is 5.88. The first-order chi connectivity index (χ1) is 9.24. The number of halogens is 1. The van der Waals surface area contributed by atoms with Crippen LogP contribution in [-0.2, 0) is 0 Å². The van der Waals surface area contributed by atoms with Gasteiger partial charge in [-0.3, -0.25) is 0 Å². The molecule has 0 saturated carbocycles. The standard InChI is InChI=1S/C15H23ClN2S/c1-17-9-11-18(12-10-17)8-2-3-13-19-15-6-4-14(16)5-7-15/h4-7H,2-3,8-13H2,1H3/p+2. The fraction of sp³-hybridized carbons (Fsp3) is 0.600. The zero-order chi connectivity index (χ0) is 13.5. The Morgan fingerprint density at radius 2 is 1.74 bits per heavy atom. The second-order valence-corrected chi connectivity index (χ2v) is 7.07. The first-order valence-corrected chi connectivity index (χ1v) is 8.63. The molecule has 1 aromatic carbocycles. The highest BCUT2D eigenvalue weighted by Crippen LogP contribution is 2.21. The van der Waals surface area contributed by atoms with Crippen molar-refractivity contribution in [3.05, 3.63) is 29.3 Å². The largest absolute Gasteiger partial charge is 0.328 e. The van der Waals surface area contributed by atoms with Gasteiger partial charge in [0.2, 0.25) is 0 Å². The summed E-state index contributed by atoms with van der Waals surface area (Å²) in [4.78, 5) is 4.84. The van der Waals surface area contributed by atoms with Gasteiger partial charge in [-0.15, -0.1) is 11.8 Å². The SMILES string of the molecule is C[NH+]1CC[NH+](CCCCSc2ccc(Cl)cc2)CC1. The molecular formula is C15H25ClN2S+2. The number of piperazine rings is 1. The summed E-state index contributed by atoms with van der Waals surface area (Å²) in [5.41, 5.74) is 0. The molecule has 0 aromatic heterocycles. The first kappa shape index (κ1) is 15.2. The topological polar surface area (TPSA) is 8.88 Å². The Balaban J connectivity index is 1.53. The van der Waals surface area contributed by atoms with E-state index in [-0.39, 0.29) is 0 Å². The molecule has 0 amide bonds. The van der Waals surface area contributed by atoms with Crippen molar-refractivity contribution in [2.24, 2.45) is 0 Å². The van der Waals surface area contributed by atoms with Crippen LogP contribution < -0.4 is 9.80 Å². The molecule has 0 unspecified atom stereocenters. The summed E-state index contributed by atoms with van der Waals surface area (Å²) in [7, 11) is 2.31. The number of hydrogen-bond acceptors (Lipinski definition) is 1. The highest BCUT2D eigenvalue weighted by molar-refractivity contribution is 7.99. The van der Waals surface area contributed by atoms with Crippen molar-refractivity contribution in [3.8, 4) is 0 Å². The molecule has 1 aromatic rings. The minimum absolute atomic E-state index is 0.824. The fourth-order valence-corrected chi connectivity index (χ4v) is 3.52. The Morgan fingerprint density at radius 1 is 1.05 bits per heavy atom. The summed E-state index contributed by atoms with van der Waals surface area (Å²) in [6, 6.07) is 8.17. The predicted octanol–water partition coefficient (Wildman–Crippen LogP) is 0.626. The number of rotatable bonds is 6. The maximum Gasteiger partial charge on any atom is 0.127 e. The van der Waals surface area contributed by atoms with Crippen molar-refractivity contribution in [1.29, 1.82) is 0 Å². The predicted molar refractivity (Wildman–Crippen MR) is 83.6 cm³/mol. The molecule has 2 N–H and O–H groups in total. The Hall–Kier alpha value is -0.220. The molecule has 0 aliphatic carbocycles. The number of likely N-dealkylation sites (N-methyl/N-ethyl adjacent to an activating group) is 1. The second-order valence-electron chi connectivity index (χ2n) is 5.47. The van der Waals surface area contributed by atoms with Crippen LogP contribution in [0.4, 0.5) is 0 Å². The van der Waals surface area contributed by atoms with Crippen molar-refractivity contribution >= 4 is 23.4 Å². The molecule has 19 heavy (non-hydrogen) atoms. The van der Waals surface area contributed by atoms with E-state index < -0.39 is 0 Å². The minimum Gasteiger partial charge on any atom is -0.328 e. The van der Waals surface area contributed by atoms with Crippen molar-refractivity contribution in [2.45, 2.75) is 17.7 Å². The van der Waals surface area contributed by atoms with Gasteiger partial charge in [0.15, 0.2) is 0 Å². The Bertz CT molecular complexity index is 361. The molecule has 1 fully saturated rings. The van der Waals surface area contributed by atoms with E-state index in [1.165, 1.54) is 56.2 Å². The summed E-state index contributed by atoms with van der Waals surface area (Å²) in [5, 5.41) is 0.824. The van der Waals surface area contributed by atoms with Gasteiger partial charge in [-0.05, 0) is 42.9 Å². The average Bonchev–Trinajstić information content (AvgIpc) is 2.43. The van der Waals surface area contributed by atoms with Gasteiger partial charge < -0.3 is 9.80 Å². The van der Waals surface area contributed by atoms with E-state index in [9.17, 15) is 0 Å². The maximum atomic E-state index is 5.88. The van der Waals surface area contributed by atoms with Crippen LogP contribution in [0.2, 0.25) is 5.02 Å². The fourth-order valence-electron chi connectivity index (χ4n) is 2.48. The van der Waals surface area contributed by atoms with Crippen molar-refractivity contribution in [1.82, 2.24) is 0 Å². The van der Waals surface area contributed by atoms with Gasteiger partial charge >= 0.3 is 0 Å². The molecule has 1 heterocycles. The number of nitrogens with one attached hydrogen (secondary N) is 2. The summed E-state index contributed by atoms with van der Waals surface area (Å²) < 4.78 is 0. The van der Waals surface area contributed by atoms with Crippen molar-refractivity contribution in [2.75, 3.05) is 45.5 Å².